The van der Waals surface area contributed by atoms with Crippen LogP contribution in [0.1, 0.15) is 135 Å². The van der Waals surface area contributed by atoms with Crippen molar-refractivity contribution in [2.45, 2.75) is 174 Å². The van der Waals surface area contributed by atoms with Crippen LogP contribution in [0.15, 0.2) is 72.6 Å². The van der Waals surface area contributed by atoms with E-state index in [1.807, 2.05) is 78.8 Å². The number of rotatable bonds is 20. The molecule has 0 unspecified atom stereocenters. The molecule has 4 aliphatic rings. The number of hydrogen-bond acceptors (Lipinski definition) is 11. The number of likely N-dealkylation sites (N-methyl/N-ethyl adjacent to an activating group) is 2. The molecule has 6 rings (SSSR count). The summed E-state index contributed by atoms with van der Waals surface area (Å²) >= 11 is 0. The van der Waals surface area contributed by atoms with Gasteiger partial charge < -0.3 is 57.1 Å². The van der Waals surface area contributed by atoms with Gasteiger partial charge in [-0.3, -0.25) is 28.8 Å². The van der Waals surface area contributed by atoms with Crippen molar-refractivity contribution >= 4 is 35.4 Å². The van der Waals surface area contributed by atoms with Gasteiger partial charge in [0.2, 0.25) is 35.4 Å². The smallest absolute Gasteiger partial charge is 0.246 e. The van der Waals surface area contributed by atoms with Crippen molar-refractivity contribution in [1.82, 2.24) is 52.3 Å². The van der Waals surface area contributed by atoms with Gasteiger partial charge in [-0.05, 0) is 119 Å². The van der Waals surface area contributed by atoms with Gasteiger partial charge in [-0.2, -0.15) is 0 Å². The molecule has 406 valence electrons. The molecule has 2 heterocycles. The number of carbonyl (C=O) groups excluding carboxylic acids is 6. The van der Waals surface area contributed by atoms with Gasteiger partial charge >= 0.3 is 0 Å². The predicted octanol–water partition coefficient (Wildman–Crippen LogP) is 4.20. The molecular weight excluding hydrogens is 937 g/mol. The summed E-state index contributed by atoms with van der Waals surface area (Å²) in [5.41, 5.74) is 4.61. The Kier molecular flexibility index (Phi) is 19.6. The fourth-order valence-electron chi connectivity index (χ4n) is 10.7. The van der Waals surface area contributed by atoms with E-state index in [1.54, 1.807) is 37.7 Å². The van der Waals surface area contributed by atoms with E-state index in [1.165, 1.54) is 11.1 Å². The molecular formula is C57H86N10O7. The maximum atomic E-state index is 14.7. The van der Waals surface area contributed by atoms with Crippen LogP contribution >= 0.6 is 0 Å². The van der Waals surface area contributed by atoms with Crippen LogP contribution in [0, 0.1) is 10.8 Å². The number of aryl methyl sites for hydroxylation is 2. The van der Waals surface area contributed by atoms with Gasteiger partial charge in [0.25, 0.3) is 0 Å². The molecule has 0 aromatic heterocycles. The molecule has 0 radical (unpaired) electrons. The lowest BCUT2D eigenvalue weighted by Gasteiger charge is -2.36. The monoisotopic (exact) mass is 1020 g/mol. The molecule has 17 heteroatoms. The lowest BCUT2D eigenvalue weighted by molar-refractivity contribution is -0.144. The van der Waals surface area contributed by atoms with Gasteiger partial charge in [0.1, 0.15) is 24.2 Å². The van der Waals surface area contributed by atoms with Crippen LogP contribution in [0.3, 0.4) is 0 Å². The van der Waals surface area contributed by atoms with E-state index >= 15 is 0 Å². The summed E-state index contributed by atoms with van der Waals surface area (Å²) in [7, 11) is 3.38. The second-order valence-corrected chi connectivity index (χ2v) is 23.0. The number of hydrogen-bond donors (Lipinski definition) is 8. The summed E-state index contributed by atoms with van der Waals surface area (Å²) in [5.74, 6) is -1.75. The van der Waals surface area contributed by atoms with E-state index in [0.717, 1.165) is 55.3 Å². The first-order chi connectivity index (χ1) is 35.0. The van der Waals surface area contributed by atoms with E-state index in [9.17, 15) is 28.8 Å². The average molecular weight is 1020 g/mol. The van der Waals surface area contributed by atoms with Crippen molar-refractivity contribution < 1.29 is 33.5 Å². The van der Waals surface area contributed by atoms with Crippen molar-refractivity contribution in [3.63, 3.8) is 0 Å². The number of ether oxygens (including phenoxy) is 1. The number of allylic oxidation sites excluding steroid dienone is 1. The van der Waals surface area contributed by atoms with Crippen LogP contribution in [-0.2, 0) is 46.3 Å². The first kappa shape index (κ1) is 57.5. The molecule has 6 amide bonds. The number of nitrogens with zero attached hydrogens (tertiary/aromatic N) is 2. The normalized spacial score (nSPS) is 23.5. The highest BCUT2D eigenvalue weighted by Gasteiger charge is 2.47. The fourth-order valence-corrected chi connectivity index (χ4v) is 10.7. The molecule has 0 spiro atoms. The number of amides is 6. The van der Waals surface area contributed by atoms with Crippen LogP contribution in [0.25, 0.3) is 0 Å². The summed E-state index contributed by atoms with van der Waals surface area (Å²) in [6.45, 7) is 21.8. The average Bonchev–Trinajstić information content (AvgIpc) is 4.00. The number of carbonyl (C=O) groups is 6. The molecule has 2 aromatic rings. The van der Waals surface area contributed by atoms with Crippen molar-refractivity contribution in [3.8, 4) is 0 Å². The lowest BCUT2D eigenvalue weighted by Crippen LogP contribution is -2.59. The summed E-state index contributed by atoms with van der Waals surface area (Å²) in [4.78, 5) is 87.9. The third-order valence-electron chi connectivity index (χ3n) is 15.3. The summed E-state index contributed by atoms with van der Waals surface area (Å²) in [5, 5.41) is 25.4. The Hall–Kier alpha value is -5.78. The topological polar surface area (TPSA) is 214 Å². The SMILES string of the molecule is C=C(COC/C(=C/C)N[C@H]1C[C@@H](C(=O)N[C@@H]2CCCc3ccccc32)N(C(=O)[C@@H](NC(=O)[C@H](C)NC)C(C)(C)C)C1)N[C@H]1C[C@@H](C(=O)N[C@@H]2CCCc3ccccc32)N(C(=O)[C@@H](NC(=O)[C@H](C)NC)C(C)(C)C)C1. The van der Waals surface area contributed by atoms with Crippen LogP contribution in [0.4, 0.5) is 0 Å². The minimum atomic E-state index is -0.898. The van der Waals surface area contributed by atoms with Gasteiger partial charge in [0, 0.05) is 36.6 Å². The summed E-state index contributed by atoms with van der Waals surface area (Å²) < 4.78 is 6.23. The molecule has 2 aliphatic carbocycles. The van der Waals surface area contributed by atoms with Crippen molar-refractivity contribution in [2.75, 3.05) is 40.4 Å². The molecule has 2 fully saturated rings. The zero-order chi connectivity index (χ0) is 54.1. The molecule has 2 saturated heterocycles. The number of benzene rings is 2. The quantitative estimate of drug-likeness (QED) is 0.0942. The van der Waals surface area contributed by atoms with E-state index in [0.29, 0.717) is 18.5 Å². The Bertz CT molecular complexity index is 2380. The maximum absolute atomic E-state index is 14.7. The molecule has 74 heavy (non-hydrogen) atoms. The zero-order valence-corrected chi connectivity index (χ0v) is 45.9. The third-order valence-corrected chi connectivity index (χ3v) is 15.3. The molecule has 0 bridgehead atoms. The maximum Gasteiger partial charge on any atom is 0.246 e. The Morgan fingerprint density at radius 2 is 1.07 bits per heavy atom. The van der Waals surface area contributed by atoms with Gasteiger partial charge in [-0.15, -0.1) is 0 Å². The van der Waals surface area contributed by atoms with E-state index in [4.69, 9.17) is 4.74 Å². The molecule has 2 aromatic carbocycles. The minimum Gasteiger partial charge on any atom is -0.382 e. The highest BCUT2D eigenvalue weighted by Crippen LogP contribution is 2.34. The van der Waals surface area contributed by atoms with Crippen molar-refractivity contribution in [3.05, 3.63) is 94.8 Å². The van der Waals surface area contributed by atoms with Crippen molar-refractivity contribution in [1.29, 1.82) is 0 Å². The van der Waals surface area contributed by atoms with Crippen LogP contribution < -0.4 is 42.5 Å². The first-order valence-corrected chi connectivity index (χ1v) is 26.8. The molecule has 8 N–H and O–H groups in total. The largest absolute Gasteiger partial charge is 0.382 e. The van der Waals surface area contributed by atoms with Gasteiger partial charge in [-0.25, -0.2) is 0 Å². The number of fused-ring (bicyclic) bond motifs is 2. The second kappa shape index (κ2) is 25.2. The minimum absolute atomic E-state index is 0.114. The van der Waals surface area contributed by atoms with Crippen LogP contribution in [-0.4, -0.2) is 134 Å². The summed E-state index contributed by atoms with van der Waals surface area (Å²) in [6, 6.07) is 10.9. The molecule has 0 saturated carbocycles. The van der Waals surface area contributed by atoms with Crippen molar-refractivity contribution in [2.24, 2.45) is 10.8 Å². The summed E-state index contributed by atoms with van der Waals surface area (Å²) in [6.07, 6.45) is 7.92. The highest BCUT2D eigenvalue weighted by atomic mass is 16.5. The second-order valence-electron chi connectivity index (χ2n) is 23.0. The molecule has 2 aliphatic heterocycles. The number of likely N-dealkylation sites (tertiary alicyclic amines) is 2. The standard InChI is InChI=1S/C57H86N10O7/c1-13-39(61-41-29-47(53(71)63-45-27-19-23-38-21-15-17-25-43(38)45)67(31-41)55(73)49(57(8,9)10)65-51(69)36(4)59-12)33-74-32-34(2)60-40-28-46(52(70)62-44-26-18-22-37-20-14-16-24-42(37)44)66(30-40)54(72)48(56(5,6)7)64-50(68)35(3)58-11/h13-17,20-21,24-25,35-36,40-41,44-49,58-61H,2,18-19,22-23,26-33H2,1,3-12H3,(H,62,70)(H,63,71)(H,64,68)(H,65,69)/b39-13-/t35-,36-,40-,41-,44+,45+,46-,47-,48+,49+/m0/s1. The van der Waals surface area contributed by atoms with Crippen LogP contribution in [0.5, 0.6) is 0 Å². The van der Waals surface area contributed by atoms with Crippen LogP contribution in [0.2, 0.25) is 0 Å². The Balaban J connectivity index is 1.12. The Morgan fingerprint density at radius 3 is 1.47 bits per heavy atom. The Labute approximate surface area is 440 Å². The van der Waals surface area contributed by atoms with E-state index in [-0.39, 0.29) is 85.9 Å². The predicted molar refractivity (Wildman–Crippen MR) is 288 cm³/mol. The molecule has 17 nitrogen and oxygen atoms in total. The van der Waals surface area contributed by atoms with E-state index < -0.39 is 47.1 Å². The number of nitrogens with one attached hydrogen (secondary N) is 8. The van der Waals surface area contributed by atoms with Gasteiger partial charge in [0.05, 0.1) is 37.4 Å². The fraction of sp³-hybridized carbons (Fsp3) is 0.614. The highest BCUT2D eigenvalue weighted by molar-refractivity contribution is 5.95. The zero-order valence-electron chi connectivity index (χ0n) is 45.9. The molecule has 10 atom stereocenters. The van der Waals surface area contributed by atoms with Gasteiger partial charge in [-0.1, -0.05) is 103 Å². The first-order valence-electron chi connectivity index (χ1n) is 26.8. The lowest BCUT2D eigenvalue weighted by atomic mass is 9.85. The van der Waals surface area contributed by atoms with E-state index in [2.05, 4.69) is 73.4 Å². The van der Waals surface area contributed by atoms with Gasteiger partial charge in [0.15, 0.2) is 0 Å². The Morgan fingerprint density at radius 1 is 0.649 bits per heavy atom. The third kappa shape index (κ3) is 14.3.